The van der Waals surface area contributed by atoms with Gasteiger partial charge in [-0.2, -0.15) is 0 Å². The number of carbonyl (C=O) groups excluding carboxylic acids is 3. The average molecular weight is 325 g/mol. The van der Waals surface area contributed by atoms with Crippen LogP contribution in [0, 0.1) is 5.92 Å². The van der Waals surface area contributed by atoms with Crippen LogP contribution < -0.4 is 10.6 Å². The van der Waals surface area contributed by atoms with E-state index in [-0.39, 0.29) is 11.8 Å². The fraction of sp³-hybridized carbons (Fsp3) is 0.733. The molecule has 8 nitrogen and oxygen atoms in total. The molecule has 1 heterocycles. The monoisotopic (exact) mass is 325 g/mol. The first-order chi connectivity index (χ1) is 10.8. The number of carboxylic acid groups (broad SMARTS) is 1. The van der Waals surface area contributed by atoms with Gasteiger partial charge in [-0.1, -0.05) is 33.1 Å². The Kier molecular flexibility index (Phi) is 4.91. The summed E-state index contributed by atoms with van der Waals surface area (Å²) in [5, 5.41) is 14.2. The van der Waals surface area contributed by atoms with Crippen molar-refractivity contribution < 1.29 is 24.3 Å². The summed E-state index contributed by atoms with van der Waals surface area (Å²) < 4.78 is 0. The molecule has 0 aromatic carbocycles. The maximum Gasteiger partial charge on any atom is 0.326 e. The second-order valence-electron chi connectivity index (χ2n) is 6.59. The molecule has 23 heavy (non-hydrogen) atoms. The molecule has 4 amide bonds. The van der Waals surface area contributed by atoms with Gasteiger partial charge in [-0.25, -0.2) is 9.59 Å². The molecule has 1 atom stereocenters. The number of carbonyl (C=O) groups is 4. The summed E-state index contributed by atoms with van der Waals surface area (Å²) in [6, 6.07) is -1.63. The largest absolute Gasteiger partial charge is 0.480 e. The summed E-state index contributed by atoms with van der Waals surface area (Å²) in [7, 11) is 0. The third kappa shape index (κ3) is 3.46. The molecular formula is C15H23N3O5. The van der Waals surface area contributed by atoms with Gasteiger partial charge in [-0.15, -0.1) is 0 Å². The Balaban J connectivity index is 2.02. The normalized spacial score (nSPS) is 21.4. The molecule has 1 aliphatic carbocycles. The van der Waals surface area contributed by atoms with E-state index in [4.69, 9.17) is 5.11 Å². The van der Waals surface area contributed by atoms with Crippen molar-refractivity contribution in [1.29, 1.82) is 0 Å². The lowest BCUT2D eigenvalue weighted by Gasteiger charge is -2.30. The Bertz CT molecular complexity index is 525. The van der Waals surface area contributed by atoms with Crippen molar-refractivity contribution in [2.45, 2.75) is 57.5 Å². The zero-order valence-electron chi connectivity index (χ0n) is 13.4. The predicted molar refractivity (Wildman–Crippen MR) is 80.5 cm³/mol. The molecule has 2 rings (SSSR count). The Morgan fingerprint density at radius 1 is 1.26 bits per heavy atom. The van der Waals surface area contributed by atoms with Gasteiger partial charge in [0.2, 0.25) is 5.91 Å². The van der Waals surface area contributed by atoms with Crippen molar-refractivity contribution >= 4 is 23.8 Å². The van der Waals surface area contributed by atoms with Crippen LogP contribution in [0.4, 0.5) is 4.79 Å². The van der Waals surface area contributed by atoms with Crippen molar-refractivity contribution in [2.75, 3.05) is 6.54 Å². The minimum absolute atomic E-state index is 0.302. The van der Waals surface area contributed by atoms with E-state index in [1.165, 1.54) is 0 Å². The Morgan fingerprint density at radius 3 is 2.39 bits per heavy atom. The fourth-order valence-electron chi connectivity index (χ4n) is 3.19. The second kappa shape index (κ2) is 6.55. The summed E-state index contributed by atoms with van der Waals surface area (Å²) in [5.41, 5.74) is -0.875. The van der Waals surface area contributed by atoms with Gasteiger partial charge in [0.15, 0.2) is 0 Å². The van der Waals surface area contributed by atoms with E-state index < -0.39 is 36.0 Å². The lowest BCUT2D eigenvalue weighted by molar-refractivity contribution is -0.143. The van der Waals surface area contributed by atoms with Crippen molar-refractivity contribution in [3.63, 3.8) is 0 Å². The van der Waals surface area contributed by atoms with Crippen LogP contribution >= 0.6 is 0 Å². The molecule has 0 radical (unpaired) electrons. The third-order valence-electron chi connectivity index (χ3n) is 4.50. The third-order valence-corrected chi connectivity index (χ3v) is 4.50. The van der Waals surface area contributed by atoms with Gasteiger partial charge >= 0.3 is 12.0 Å². The molecule has 1 saturated heterocycles. The maximum atomic E-state index is 12.5. The summed E-state index contributed by atoms with van der Waals surface area (Å²) in [6.07, 6.45) is 3.92. The van der Waals surface area contributed by atoms with Crippen molar-refractivity contribution in [1.82, 2.24) is 15.5 Å². The molecule has 1 spiro atoms. The zero-order valence-corrected chi connectivity index (χ0v) is 13.4. The van der Waals surface area contributed by atoms with Gasteiger partial charge in [-0.05, 0) is 18.8 Å². The van der Waals surface area contributed by atoms with Gasteiger partial charge < -0.3 is 15.7 Å². The van der Waals surface area contributed by atoms with Crippen LogP contribution in [0.5, 0.6) is 0 Å². The standard InChI is InChI=1S/C15H23N3O5/c1-9(2)11(12(20)21)16-10(19)8-18-13(22)15(17-14(18)23)6-4-3-5-7-15/h9,11H,3-8H2,1-2H3,(H,16,19)(H,17,23)(H,20,21)/t11-/m0/s1. The molecule has 0 aromatic rings. The summed E-state index contributed by atoms with van der Waals surface area (Å²) in [5.74, 6) is -2.48. The quantitative estimate of drug-likeness (QED) is 0.635. The van der Waals surface area contributed by atoms with E-state index in [0.29, 0.717) is 12.8 Å². The van der Waals surface area contributed by atoms with Gasteiger partial charge in [-0.3, -0.25) is 14.5 Å². The van der Waals surface area contributed by atoms with E-state index in [1.54, 1.807) is 13.8 Å². The molecule has 1 saturated carbocycles. The maximum absolute atomic E-state index is 12.5. The lowest BCUT2D eigenvalue weighted by Crippen LogP contribution is -2.50. The number of nitrogens with one attached hydrogen (secondary N) is 2. The van der Waals surface area contributed by atoms with Gasteiger partial charge in [0.05, 0.1) is 0 Å². The number of hydrogen-bond donors (Lipinski definition) is 3. The van der Waals surface area contributed by atoms with Crippen LogP contribution in [0.2, 0.25) is 0 Å². The van der Waals surface area contributed by atoms with Crippen molar-refractivity contribution in [2.24, 2.45) is 5.92 Å². The van der Waals surface area contributed by atoms with E-state index in [2.05, 4.69) is 10.6 Å². The summed E-state index contributed by atoms with van der Waals surface area (Å²) in [4.78, 5) is 48.6. The number of rotatable bonds is 5. The van der Waals surface area contributed by atoms with Crippen LogP contribution in [0.15, 0.2) is 0 Å². The lowest BCUT2D eigenvalue weighted by atomic mass is 9.82. The first kappa shape index (κ1) is 17.2. The van der Waals surface area contributed by atoms with E-state index >= 15 is 0 Å². The number of aliphatic carboxylic acids is 1. The van der Waals surface area contributed by atoms with Gasteiger partial charge in [0.25, 0.3) is 5.91 Å². The van der Waals surface area contributed by atoms with E-state index in [0.717, 1.165) is 24.2 Å². The fourth-order valence-corrected chi connectivity index (χ4v) is 3.19. The van der Waals surface area contributed by atoms with E-state index in [9.17, 15) is 19.2 Å². The highest BCUT2D eigenvalue weighted by atomic mass is 16.4. The smallest absolute Gasteiger partial charge is 0.326 e. The Morgan fingerprint density at radius 2 is 1.87 bits per heavy atom. The molecule has 0 unspecified atom stereocenters. The van der Waals surface area contributed by atoms with Crippen LogP contribution in [-0.4, -0.2) is 51.9 Å². The first-order valence-electron chi connectivity index (χ1n) is 7.93. The zero-order chi connectivity index (χ0) is 17.2. The number of carboxylic acids is 1. The van der Waals surface area contributed by atoms with Crippen LogP contribution in [0.1, 0.15) is 46.0 Å². The molecule has 0 aromatic heterocycles. The topological polar surface area (TPSA) is 116 Å². The molecule has 2 aliphatic rings. The minimum atomic E-state index is -1.14. The average Bonchev–Trinajstić information content (AvgIpc) is 2.69. The molecule has 1 aliphatic heterocycles. The summed E-state index contributed by atoms with van der Waals surface area (Å²) >= 11 is 0. The number of imide groups is 1. The Hall–Kier alpha value is -2.12. The second-order valence-corrected chi connectivity index (χ2v) is 6.59. The number of urea groups is 1. The number of nitrogens with zero attached hydrogens (tertiary/aromatic N) is 1. The molecule has 2 fully saturated rings. The highest BCUT2D eigenvalue weighted by Gasteiger charge is 2.51. The Labute approximate surface area is 134 Å². The predicted octanol–water partition coefficient (Wildman–Crippen LogP) is 0.467. The number of hydrogen-bond acceptors (Lipinski definition) is 4. The molecular weight excluding hydrogens is 302 g/mol. The van der Waals surface area contributed by atoms with Gasteiger partial charge in [0.1, 0.15) is 18.1 Å². The highest BCUT2D eigenvalue weighted by molar-refractivity contribution is 6.09. The van der Waals surface area contributed by atoms with Crippen molar-refractivity contribution in [3.8, 4) is 0 Å². The highest BCUT2D eigenvalue weighted by Crippen LogP contribution is 2.33. The van der Waals surface area contributed by atoms with Crippen LogP contribution in [0.3, 0.4) is 0 Å². The summed E-state index contributed by atoms with van der Waals surface area (Å²) in [6.45, 7) is 2.89. The van der Waals surface area contributed by atoms with Gasteiger partial charge in [0, 0.05) is 0 Å². The molecule has 128 valence electrons. The van der Waals surface area contributed by atoms with Crippen LogP contribution in [-0.2, 0) is 14.4 Å². The molecule has 0 bridgehead atoms. The van der Waals surface area contributed by atoms with Crippen LogP contribution in [0.25, 0.3) is 0 Å². The van der Waals surface area contributed by atoms with E-state index in [1.807, 2.05) is 0 Å². The number of amides is 4. The first-order valence-corrected chi connectivity index (χ1v) is 7.93. The minimum Gasteiger partial charge on any atom is -0.480 e. The van der Waals surface area contributed by atoms with Crippen molar-refractivity contribution in [3.05, 3.63) is 0 Å². The molecule has 8 heteroatoms. The molecule has 3 N–H and O–H groups in total. The SMILES string of the molecule is CC(C)[C@H](NC(=O)CN1C(=O)NC2(CCCCC2)C1=O)C(=O)O.